The van der Waals surface area contributed by atoms with Crippen LogP contribution in [0.4, 0.5) is 21.7 Å². The second-order valence-corrected chi connectivity index (χ2v) is 8.14. The number of aromatic nitrogens is 7. The summed E-state index contributed by atoms with van der Waals surface area (Å²) in [5.41, 5.74) is 0.704. The molecule has 0 unspecified atom stereocenters. The van der Waals surface area contributed by atoms with Gasteiger partial charge in [-0.05, 0) is 47.7 Å². The van der Waals surface area contributed by atoms with Gasteiger partial charge in [0.05, 0.1) is 22.3 Å². The minimum Gasteiger partial charge on any atom is -0.367 e. The Hall–Kier alpha value is -4.04. The van der Waals surface area contributed by atoms with Crippen LogP contribution < -0.4 is 15.4 Å². The molecular weight excluding hydrogens is 439 g/mol. The number of tetrazole rings is 1. The number of nitrogens with zero attached hydrogens (tertiary/aromatic N) is 6. The van der Waals surface area contributed by atoms with Gasteiger partial charge in [-0.3, -0.25) is 4.98 Å². The predicted molar refractivity (Wildman–Crippen MR) is 113 cm³/mol. The summed E-state index contributed by atoms with van der Waals surface area (Å²) in [5.74, 6) is 0.313. The normalized spacial score (nSPS) is 11.3. The Labute approximate surface area is 181 Å². The molecule has 0 fully saturated rings. The second-order valence-electron chi connectivity index (χ2n) is 6.37. The second kappa shape index (κ2) is 9.40. The molecule has 32 heavy (non-hydrogen) atoms. The molecule has 0 atom stereocenters. The first kappa shape index (κ1) is 21.2. The van der Waals surface area contributed by atoms with E-state index in [0.29, 0.717) is 11.6 Å². The van der Waals surface area contributed by atoms with Crippen molar-refractivity contribution in [3.8, 4) is 11.4 Å². The van der Waals surface area contributed by atoms with Crippen molar-refractivity contribution in [2.75, 3.05) is 23.7 Å². The van der Waals surface area contributed by atoms with Gasteiger partial charge in [0.1, 0.15) is 11.6 Å². The summed E-state index contributed by atoms with van der Waals surface area (Å²) < 4.78 is 41.5. The molecule has 0 saturated carbocycles. The Kier molecular flexibility index (Phi) is 6.23. The molecule has 12 nitrogen and oxygen atoms in total. The zero-order chi connectivity index (χ0) is 22.4. The van der Waals surface area contributed by atoms with Crippen LogP contribution in [0.15, 0.2) is 59.8 Å². The maximum Gasteiger partial charge on any atom is 0.240 e. The van der Waals surface area contributed by atoms with Gasteiger partial charge in [0.2, 0.25) is 15.8 Å². The standard InChI is InChI=1S/C18H17FN10O2S/c19-15-4-3-13(10-14(15)18-26-28-29-27-18)32(30,31)22-9-8-21-16-5-6-17(25-24-16)23-12-2-1-7-20-11-12/h1-7,10-11,22H,8-9H2,(H,21,24)(H,23,25)(H,26,27,28,29). The molecule has 164 valence electrons. The van der Waals surface area contributed by atoms with Crippen LogP contribution in [0.5, 0.6) is 0 Å². The van der Waals surface area contributed by atoms with Crippen LogP contribution in [0.1, 0.15) is 0 Å². The lowest BCUT2D eigenvalue weighted by molar-refractivity contribution is 0.582. The number of hydrogen-bond donors (Lipinski definition) is 4. The molecule has 4 aromatic rings. The molecule has 14 heteroatoms. The average molecular weight is 456 g/mol. The zero-order valence-corrected chi connectivity index (χ0v) is 17.2. The van der Waals surface area contributed by atoms with E-state index < -0.39 is 15.8 Å². The molecule has 0 radical (unpaired) electrons. The smallest absolute Gasteiger partial charge is 0.240 e. The van der Waals surface area contributed by atoms with E-state index in [9.17, 15) is 12.8 Å². The van der Waals surface area contributed by atoms with Crippen molar-refractivity contribution in [1.29, 1.82) is 0 Å². The third kappa shape index (κ3) is 5.16. The highest BCUT2D eigenvalue weighted by molar-refractivity contribution is 7.89. The van der Waals surface area contributed by atoms with Crippen molar-refractivity contribution < 1.29 is 12.8 Å². The quantitative estimate of drug-likeness (QED) is 0.270. The van der Waals surface area contributed by atoms with Gasteiger partial charge >= 0.3 is 0 Å². The highest BCUT2D eigenvalue weighted by Crippen LogP contribution is 2.22. The van der Waals surface area contributed by atoms with Crippen LogP contribution in [0.25, 0.3) is 11.4 Å². The van der Waals surface area contributed by atoms with Gasteiger partial charge < -0.3 is 10.6 Å². The third-order valence-corrected chi connectivity index (χ3v) is 5.61. The van der Waals surface area contributed by atoms with Crippen LogP contribution in [0, 0.1) is 5.82 Å². The average Bonchev–Trinajstić information content (AvgIpc) is 3.33. The molecular formula is C18H17FN10O2S. The summed E-state index contributed by atoms with van der Waals surface area (Å²) in [6.45, 7) is 0.316. The van der Waals surface area contributed by atoms with E-state index in [0.717, 1.165) is 23.9 Å². The summed E-state index contributed by atoms with van der Waals surface area (Å²) >= 11 is 0. The highest BCUT2D eigenvalue weighted by Gasteiger charge is 2.18. The Bertz CT molecular complexity index is 1270. The van der Waals surface area contributed by atoms with Gasteiger partial charge in [0.25, 0.3) is 0 Å². The minimum atomic E-state index is -3.88. The van der Waals surface area contributed by atoms with Crippen LogP contribution in [0.2, 0.25) is 0 Å². The fourth-order valence-corrected chi connectivity index (χ4v) is 3.71. The molecule has 0 spiro atoms. The van der Waals surface area contributed by atoms with E-state index in [1.165, 1.54) is 0 Å². The highest BCUT2D eigenvalue weighted by atomic mass is 32.2. The van der Waals surface area contributed by atoms with Gasteiger partial charge in [-0.25, -0.2) is 17.5 Å². The van der Waals surface area contributed by atoms with E-state index in [-0.39, 0.29) is 29.4 Å². The molecule has 3 aromatic heterocycles. The number of benzene rings is 1. The maximum atomic E-state index is 14.0. The molecule has 0 aliphatic heterocycles. The Morgan fingerprint density at radius 2 is 1.84 bits per heavy atom. The molecule has 0 aliphatic rings. The van der Waals surface area contributed by atoms with Crippen LogP contribution in [-0.2, 0) is 10.0 Å². The first-order valence-corrected chi connectivity index (χ1v) is 10.8. The van der Waals surface area contributed by atoms with Gasteiger partial charge in [-0.1, -0.05) is 0 Å². The Morgan fingerprint density at radius 1 is 1.00 bits per heavy atom. The van der Waals surface area contributed by atoms with Crippen molar-refractivity contribution >= 4 is 27.3 Å². The minimum absolute atomic E-state index is 0.0405. The molecule has 0 amide bonds. The van der Waals surface area contributed by atoms with Gasteiger partial charge in [0.15, 0.2) is 5.82 Å². The summed E-state index contributed by atoms with van der Waals surface area (Å²) in [5, 5.41) is 27.0. The monoisotopic (exact) mass is 456 g/mol. The Balaban J connectivity index is 1.31. The number of sulfonamides is 1. The molecule has 4 rings (SSSR count). The van der Waals surface area contributed by atoms with Gasteiger partial charge in [-0.15, -0.1) is 20.4 Å². The number of H-pyrrole nitrogens is 1. The number of pyridine rings is 1. The summed E-state index contributed by atoms with van der Waals surface area (Å²) in [4.78, 5) is 3.88. The molecule has 0 bridgehead atoms. The number of rotatable bonds is 9. The molecule has 0 aliphatic carbocycles. The number of anilines is 3. The van der Waals surface area contributed by atoms with Crippen LogP contribution >= 0.6 is 0 Å². The predicted octanol–water partition coefficient (Wildman–Crippen LogP) is 1.32. The topological polar surface area (TPSA) is 163 Å². The third-order valence-electron chi connectivity index (χ3n) is 4.16. The van der Waals surface area contributed by atoms with E-state index in [2.05, 4.69) is 51.2 Å². The summed E-state index contributed by atoms with van der Waals surface area (Å²) in [6, 6.07) is 10.4. The Morgan fingerprint density at radius 3 is 2.56 bits per heavy atom. The molecule has 0 saturated heterocycles. The number of halogens is 1. The first-order chi connectivity index (χ1) is 15.5. The largest absolute Gasteiger partial charge is 0.367 e. The lowest BCUT2D eigenvalue weighted by atomic mass is 10.2. The van der Waals surface area contributed by atoms with Crippen molar-refractivity contribution in [3.05, 3.63) is 60.7 Å². The van der Waals surface area contributed by atoms with E-state index in [4.69, 9.17) is 0 Å². The number of aromatic amines is 1. The van der Waals surface area contributed by atoms with E-state index in [1.807, 2.05) is 6.07 Å². The maximum absolute atomic E-state index is 14.0. The summed E-state index contributed by atoms with van der Waals surface area (Å²) in [7, 11) is -3.88. The fourth-order valence-electron chi connectivity index (χ4n) is 2.66. The van der Waals surface area contributed by atoms with Crippen LogP contribution in [-0.4, -0.2) is 57.3 Å². The van der Waals surface area contributed by atoms with Crippen molar-refractivity contribution in [2.24, 2.45) is 0 Å². The summed E-state index contributed by atoms with van der Waals surface area (Å²) in [6.07, 6.45) is 3.33. The van der Waals surface area contributed by atoms with Gasteiger partial charge in [0, 0.05) is 19.3 Å². The number of nitrogens with one attached hydrogen (secondary N) is 4. The molecule has 4 N–H and O–H groups in total. The SMILES string of the molecule is O=S(=O)(NCCNc1ccc(Nc2cccnc2)nn1)c1ccc(F)c(-c2nn[nH]n2)c1. The fraction of sp³-hybridized carbons (Fsp3) is 0.111. The van der Waals surface area contributed by atoms with E-state index in [1.54, 1.807) is 30.6 Å². The van der Waals surface area contributed by atoms with Crippen molar-refractivity contribution in [2.45, 2.75) is 4.90 Å². The van der Waals surface area contributed by atoms with Crippen molar-refractivity contribution in [3.63, 3.8) is 0 Å². The van der Waals surface area contributed by atoms with Gasteiger partial charge in [-0.2, -0.15) is 5.21 Å². The van der Waals surface area contributed by atoms with Crippen molar-refractivity contribution in [1.82, 2.24) is 40.5 Å². The van der Waals surface area contributed by atoms with E-state index >= 15 is 0 Å². The lowest BCUT2D eigenvalue weighted by Crippen LogP contribution is -2.29. The lowest BCUT2D eigenvalue weighted by Gasteiger charge is -2.10. The zero-order valence-electron chi connectivity index (χ0n) is 16.4. The number of hydrogen-bond acceptors (Lipinski definition) is 10. The van der Waals surface area contributed by atoms with Crippen LogP contribution in [0.3, 0.4) is 0 Å². The molecule has 1 aromatic carbocycles. The first-order valence-electron chi connectivity index (χ1n) is 9.29. The molecule has 3 heterocycles.